The van der Waals surface area contributed by atoms with Gasteiger partial charge in [-0.15, -0.1) is 0 Å². The van der Waals surface area contributed by atoms with Crippen LogP contribution < -0.4 is 5.14 Å². The number of hydrogen-bond donors (Lipinski definition) is 1. The van der Waals surface area contributed by atoms with Crippen LogP contribution in [0.25, 0.3) is 0 Å². The third-order valence-electron chi connectivity index (χ3n) is 4.38. The van der Waals surface area contributed by atoms with Gasteiger partial charge < -0.3 is 9.47 Å². The zero-order valence-electron chi connectivity index (χ0n) is 13.4. The third kappa shape index (κ3) is 3.34. The Hall–Kier alpha value is -2.19. The number of fused-ring (bicyclic) bond motifs is 1. The van der Waals surface area contributed by atoms with Crippen LogP contribution in [0.3, 0.4) is 0 Å². The number of carbonyl (C=O) groups excluding carboxylic acids is 1. The molecule has 128 valence electrons. The predicted molar refractivity (Wildman–Crippen MR) is 88.3 cm³/mol. The minimum Gasteiger partial charge on any atom is -0.341 e. The largest absolute Gasteiger partial charge is 0.341 e. The second kappa shape index (κ2) is 6.37. The first kappa shape index (κ1) is 16.7. The van der Waals surface area contributed by atoms with Gasteiger partial charge in [-0.25, -0.2) is 18.5 Å². The van der Waals surface area contributed by atoms with Crippen LogP contribution in [0.2, 0.25) is 0 Å². The van der Waals surface area contributed by atoms with Crippen molar-refractivity contribution < 1.29 is 13.2 Å². The zero-order valence-corrected chi connectivity index (χ0v) is 14.2. The number of hydrogen-bond acceptors (Lipinski definition) is 4. The fourth-order valence-electron chi connectivity index (χ4n) is 3.13. The van der Waals surface area contributed by atoms with Gasteiger partial charge in [-0.2, -0.15) is 0 Å². The van der Waals surface area contributed by atoms with Gasteiger partial charge >= 0.3 is 0 Å². The van der Waals surface area contributed by atoms with E-state index in [4.69, 9.17) is 5.14 Å². The smallest absolute Gasteiger partial charge is 0.238 e. The summed E-state index contributed by atoms with van der Waals surface area (Å²) < 4.78 is 25.4. The third-order valence-corrected chi connectivity index (χ3v) is 5.39. The van der Waals surface area contributed by atoms with Crippen LogP contribution in [0.4, 0.5) is 0 Å². The van der Waals surface area contributed by atoms with Gasteiger partial charge in [-0.3, -0.25) is 4.79 Å². The Kier molecular flexibility index (Phi) is 4.42. The summed E-state index contributed by atoms with van der Waals surface area (Å²) in [6, 6.07) is 6.49. The Labute approximate surface area is 141 Å². The van der Waals surface area contributed by atoms with E-state index in [1.165, 1.54) is 6.07 Å². The quantitative estimate of drug-likeness (QED) is 0.881. The Morgan fingerprint density at radius 2 is 2.17 bits per heavy atom. The maximum atomic E-state index is 12.7. The van der Waals surface area contributed by atoms with E-state index in [2.05, 4.69) is 4.98 Å². The molecule has 0 aliphatic carbocycles. The summed E-state index contributed by atoms with van der Waals surface area (Å²) in [5.74, 6) is -0.128. The molecule has 0 bridgehead atoms. The average Bonchev–Trinajstić information content (AvgIpc) is 3.01. The summed E-state index contributed by atoms with van der Waals surface area (Å²) in [5, 5.41) is 5.25. The molecular formula is C16H20N4O3S. The predicted octanol–water partition coefficient (Wildman–Crippen LogP) is 0.751. The minimum atomic E-state index is -3.81. The number of carbonyl (C=O) groups is 1. The molecule has 7 nitrogen and oxygen atoms in total. The number of benzene rings is 1. The van der Waals surface area contributed by atoms with E-state index in [1.54, 1.807) is 36.5 Å². The van der Waals surface area contributed by atoms with Crippen molar-refractivity contribution in [3.63, 3.8) is 0 Å². The van der Waals surface area contributed by atoms with Crippen molar-refractivity contribution in [2.24, 2.45) is 11.1 Å². The van der Waals surface area contributed by atoms with Crippen LogP contribution in [0.1, 0.15) is 17.7 Å². The van der Waals surface area contributed by atoms with Crippen molar-refractivity contribution in [2.45, 2.75) is 30.8 Å². The molecule has 1 aliphatic rings. The molecule has 1 amide bonds. The van der Waals surface area contributed by atoms with Crippen LogP contribution in [-0.2, 0) is 34.3 Å². The minimum absolute atomic E-state index is 0.00132. The zero-order chi connectivity index (χ0) is 17.3. The number of aromatic nitrogens is 2. The lowest BCUT2D eigenvalue weighted by Crippen LogP contribution is -2.37. The van der Waals surface area contributed by atoms with Crippen molar-refractivity contribution in [3.05, 3.63) is 48.0 Å². The molecular weight excluding hydrogens is 328 g/mol. The molecule has 8 heteroatoms. The van der Waals surface area contributed by atoms with E-state index in [9.17, 15) is 13.2 Å². The Bertz CT molecular complexity index is 860. The summed E-state index contributed by atoms with van der Waals surface area (Å²) >= 11 is 0. The van der Waals surface area contributed by atoms with Crippen LogP contribution in [0.15, 0.2) is 41.7 Å². The molecule has 2 heterocycles. The first-order valence-corrected chi connectivity index (χ1v) is 9.25. The SMILES string of the molecule is CN(Cc1ccccc1S(N)(=O)=O)C(=O)[C@H]1CCc2cncn2C1. The summed E-state index contributed by atoms with van der Waals surface area (Å²) in [4.78, 5) is 18.4. The number of nitrogens with zero attached hydrogens (tertiary/aromatic N) is 3. The van der Waals surface area contributed by atoms with Gasteiger partial charge in [-0.1, -0.05) is 18.2 Å². The van der Waals surface area contributed by atoms with E-state index < -0.39 is 10.0 Å². The van der Waals surface area contributed by atoms with Gasteiger partial charge in [-0.05, 0) is 24.5 Å². The molecule has 1 aromatic heterocycles. The first-order chi connectivity index (χ1) is 11.4. The first-order valence-electron chi connectivity index (χ1n) is 7.71. The van der Waals surface area contributed by atoms with E-state index in [-0.39, 0.29) is 23.3 Å². The normalized spacial score (nSPS) is 17.3. The van der Waals surface area contributed by atoms with Crippen molar-refractivity contribution >= 4 is 15.9 Å². The highest BCUT2D eigenvalue weighted by atomic mass is 32.2. The van der Waals surface area contributed by atoms with Gasteiger partial charge in [0.15, 0.2) is 0 Å². The monoisotopic (exact) mass is 348 g/mol. The Morgan fingerprint density at radius 1 is 1.42 bits per heavy atom. The highest BCUT2D eigenvalue weighted by molar-refractivity contribution is 7.89. The summed E-state index contributed by atoms with van der Waals surface area (Å²) in [6.07, 6.45) is 5.15. The molecule has 0 saturated carbocycles. The van der Waals surface area contributed by atoms with Gasteiger partial charge in [0.2, 0.25) is 15.9 Å². The highest BCUT2D eigenvalue weighted by Crippen LogP contribution is 2.22. The molecule has 0 saturated heterocycles. The van der Waals surface area contributed by atoms with E-state index >= 15 is 0 Å². The van der Waals surface area contributed by atoms with E-state index in [0.29, 0.717) is 12.1 Å². The number of sulfonamides is 1. The molecule has 0 unspecified atom stereocenters. The Balaban J connectivity index is 1.74. The summed E-state index contributed by atoms with van der Waals surface area (Å²) in [6.45, 7) is 0.814. The summed E-state index contributed by atoms with van der Waals surface area (Å²) in [7, 11) is -2.13. The van der Waals surface area contributed by atoms with E-state index in [1.807, 2.05) is 10.8 Å². The van der Waals surface area contributed by atoms with Crippen LogP contribution in [0, 0.1) is 5.92 Å². The number of amides is 1. The van der Waals surface area contributed by atoms with Crippen molar-refractivity contribution in [1.29, 1.82) is 0 Å². The van der Waals surface area contributed by atoms with E-state index in [0.717, 1.165) is 18.5 Å². The lowest BCUT2D eigenvalue weighted by atomic mass is 9.96. The van der Waals surface area contributed by atoms with Gasteiger partial charge in [0.25, 0.3) is 0 Å². The molecule has 2 N–H and O–H groups in total. The molecule has 3 rings (SSSR count). The molecule has 0 spiro atoms. The van der Waals surface area contributed by atoms with Crippen LogP contribution in [-0.4, -0.2) is 35.8 Å². The van der Waals surface area contributed by atoms with Crippen molar-refractivity contribution in [2.75, 3.05) is 7.05 Å². The summed E-state index contributed by atoms with van der Waals surface area (Å²) in [5.41, 5.74) is 1.66. The van der Waals surface area contributed by atoms with Crippen LogP contribution >= 0.6 is 0 Å². The molecule has 1 aliphatic heterocycles. The second-order valence-electron chi connectivity index (χ2n) is 6.12. The van der Waals surface area contributed by atoms with Crippen molar-refractivity contribution in [1.82, 2.24) is 14.5 Å². The number of nitrogens with two attached hydrogens (primary N) is 1. The number of aryl methyl sites for hydroxylation is 1. The fourth-order valence-corrected chi connectivity index (χ4v) is 3.90. The molecule has 1 aromatic carbocycles. The average molecular weight is 348 g/mol. The lowest BCUT2D eigenvalue weighted by molar-refractivity contribution is -0.135. The maximum Gasteiger partial charge on any atom is 0.238 e. The van der Waals surface area contributed by atoms with Gasteiger partial charge in [0.05, 0.1) is 17.1 Å². The van der Waals surface area contributed by atoms with Crippen LogP contribution in [0.5, 0.6) is 0 Å². The molecule has 2 aromatic rings. The highest BCUT2D eigenvalue weighted by Gasteiger charge is 2.27. The molecule has 24 heavy (non-hydrogen) atoms. The van der Waals surface area contributed by atoms with Crippen molar-refractivity contribution in [3.8, 4) is 0 Å². The number of rotatable bonds is 4. The number of primary sulfonamides is 1. The number of imidazole rings is 1. The van der Waals surface area contributed by atoms with Gasteiger partial charge in [0.1, 0.15) is 0 Å². The molecule has 1 atom stereocenters. The van der Waals surface area contributed by atoms with Gasteiger partial charge in [0, 0.05) is 32.0 Å². The standard InChI is InChI=1S/C16H20N4O3S/c1-19(9-12-4-2-3-5-15(12)24(17,22)23)16(21)13-6-7-14-8-18-11-20(14)10-13/h2-5,8,11,13H,6-7,9-10H2,1H3,(H2,17,22,23)/t13-/m0/s1. The molecule has 0 radical (unpaired) electrons. The fraction of sp³-hybridized carbons (Fsp3) is 0.375. The Morgan fingerprint density at radius 3 is 2.92 bits per heavy atom. The second-order valence-corrected chi connectivity index (χ2v) is 7.65. The topological polar surface area (TPSA) is 98.3 Å². The lowest BCUT2D eigenvalue weighted by Gasteiger charge is -2.28. The molecule has 0 fully saturated rings. The maximum absolute atomic E-state index is 12.7.